The van der Waals surface area contributed by atoms with E-state index in [1.807, 2.05) is 32.2 Å². The van der Waals surface area contributed by atoms with Crippen LogP contribution in [-0.2, 0) is 19.1 Å². The maximum Gasteiger partial charge on any atom is 0.407 e. The van der Waals surface area contributed by atoms with E-state index in [1.54, 1.807) is 22.9 Å². The molecule has 0 bridgehead atoms. The van der Waals surface area contributed by atoms with Crippen LogP contribution < -0.4 is 10.6 Å². The van der Waals surface area contributed by atoms with Gasteiger partial charge in [-0.2, -0.15) is 0 Å². The molecule has 2 aromatic carbocycles. The monoisotopic (exact) mass is 753 g/mol. The van der Waals surface area contributed by atoms with Gasteiger partial charge in [-0.1, -0.05) is 69.3 Å². The Morgan fingerprint density at radius 2 is 1.33 bits per heavy atom. The molecule has 0 aliphatic carbocycles. The molecule has 2 saturated heterocycles. The molecule has 292 valence electrons. The zero-order valence-corrected chi connectivity index (χ0v) is 32.1. The van der Waals surface area contributed by atoms with Crippen molar-refractivity contribution in [2.45, 2.75) is 77.0 Å². The summed E-state index contributed by atoms with van der Waals surface area (Å²) in [4.78, 5) is 67.5. The second-order valence-electron chi connectivity index (χ2n) is 14.8. The molecule has 0 radical (unpaired) electrons. The summed E-state index contributed by atoms with van der Waals surface area (Å²) in [5, 5.41) is 15.1. The number of carbonyl (C=O) groups excluding carboxylic acids is 4. The van der Waals surface area contributed by atoms with Crippen LogP contribution in [0.1, 0.15) is 70.3 Å². The lowest BCUT2D eigenvalue weighted by Gasteiger charge is -2.31. The first-order valence-electron chi connectivity index (χ1n) is 18.9. The number of benzene rings is 2. The number of nitrogens with one attached hydrogen (secondary N) is 3. The third kappa shape index (κ3) is 8.59. The summed E-state index contributed by atoms with van der Waals surface area (Å²) in [5.74, 6) is -0.251. The molecule has 3 aliphatic rings. The second kappa shape index (κ2) is 17.3. The number of H-pyrrole nitrogens is 1. The Bertz CT molecular complexity index is 1920. The van der Waals surface area contributed by atoms with Crippen LogP contribution in [0, 0.1) is 11.8 Å². The molecule has 6 rings (SSSR count). The minimum absolute atomic E-state index is 0.107. The maximum absolute atomic E-state index is 13.6. The Labute approximate surface area is 321 Å². The molecule has 14 nitrogen and oxygen atoms in total. The molecular weight excluding hydrogens is 702 g/mol. The summed E-state index contributed by atoms with van der Waals surface area (Å²) in [6.07, 6.45) is 6.19. The third-order valence-corrected chi connectivity index (χ3v) is 10.9. The van der Waals surface area contributed by atoms with Gasteiger partial charge in [0.15, 0.2) is 0 Å². The van der Waals surface area contributed by atoms with E-state index in [0.29, 0.717) is 19.5 Å². The Hall–Kier alpha value is -5.50. The number of amides is 4. The van der Waals surface area contributed by atoms with Gasteiger partial charge in [-0.3, -0.25) is 14.6 Å². The van der Waals surface area contributed by atoms with Crippen molar-refractivity contribution in [2.75, 3.05) is 33.9 Å². The molecule has 3 aromatic rings. The Balaban J connectivity index is 1.07. The van der Waals surface area contributed by atoms with E-state index in [9.17, 15) is 24.3 Å². The lowest BCUT2D eigenvalue weighted by molar-refractivity contribution is -0.136. The zero-order valence-electron chi connectivity index (χ0n) is 32.1. The van der Waals surface area contributed by atoms with Crippen molar-refractivity contribution in [3.05, 3.63) is 72.3 Å². The van der Waals surface area contributed by atoms with Gasteiger partial charge in [0.25, 0.3) is 0 Å². The Kier molecular flexibility index (Phi) is 12.3. The maximum atomic E-state index is 13.6. The number of hydrogen-bond donors (Lipinski definition) is 4. The third-order valence-electron chi connectivity index (χ3n) is 10.9. The van der Waals surface area contributed by atoms with Crippen molar-refractivity contribution in [2.24, 2.45) is 16.8 Å². The van der Waals surface area contributed by atoms with Crippen LogP contribution in [0.25, 0.3) is 28.0 Å². The number of carbonyl (C=O) groups is 4. The predicted molar refractivity (Wildman–Crippen MR) is 208 cm³/mol. The number of nitrogens with zero attached hydrogens (tertiary/aromatic N) is 4. The highest BCUT2D eigenvalue weighted by Gasteiger charge is 2.40. The standard InChI is InChI=1S/C41H51N7O7/c1-24(2)35(45-40(52)54-4)38(50)48-19-7-9-34(48)37-43-22-32(44-37)29-16-14-27(15-17-29)26-10-12-28(13-11-26)30-20-31(42-21-30)33-8-6-18-47(33)39(51)36(25(3)23-49)46-41(53)55-5/h10-17,21-22,24-25,33-36,49H,6-9,18-20,23H2,1-5H3,(H,43,44)(H,45,52)(H,46,53)/t25-,33+,34+,35+,36+/m1/s1. The molecule has 5 atom stereocenters. The Morgan fingerprint density at radius 1 is 0.800 bits per heavy atom. The SMILES string of the molecule is COC(=O)N[C@H](C(=O)N1CCC[C@H]1c1ncc(-c2ccc(-c3ccc(C4=CN=C([C@@H]5CCCN5C(=O)[C@@H](NC(=O)OC)[C@H](C)CO)C4)cc3)cc2)[nH]1)C(C)C. The number of aromatic nitrogens is 2. The van der Waals surface area contributed by atoms with Crippen LogP contribution in [0.3, 0.4) is 0 Å². The topological polar surface area (TPSA) is 179 Å². The molecule has 0 spiro atoms. The fourth-order valence-corrected chi connectivity index (χ4v) is 7.69. The van der Waals surface area contributed by atoms with Crippen molar-refractivity contribution in [3.63, 3.8) is 0 Å². The summed E-state index contributed by atoms with van der Waals surface area (Å²) in [6, 6.07) is 14.6. The number of alkyl carbamates (subject to hydrolysis) is 2. The van der Waals surface area contributed by atoms with E-state index in [2.05, 4.69) is 57.0 Å². The van der Waals surface area contributed by atoms with Gasteiger partial charge >= 0.3 is 12.2 Å². The molecule has 3 aliphatic heterocycles. The number of likely N-dealkylation sites (tertiary alicyclic amines) is 2. The highest BCUT2D eigenvalue weighted by Crippen LogP contribution is 2.34. The number of hydrogen-bond acceptors (Lipinski definition) is 9. The lowest BCUT2D eigenvalue weighted by atomic mass is 9.95. The van der Waals surface area contributed by atoms with Gasteiger partial charge in [0, 0.05) is 43.9 Å². The number of aliphatic imine (C=N–C) groups is 1. The molecule has 2 fully saturated rings. The first-order chi connectivity index (χ1) is 26.5. The molecule has 0 unspecified atom stereocenters. The summed E-state index contributed by atoms with van der Waals surface area (Å²) in [5.41, 5.74) is 6.99. The number of rotatable bonds is 12. The first-order valence-corrected chi connectivity index (χ1v) is 18.9. The van der Waals surface area contributed by atoms with Gasteiger partial charge < -0.3 is 40.0 Å². The Morgan fingerprint density at radius 3 is 1.91 bits per heavy atom. The zero-order chi connectivity index (χ0) is 39.2. The van der Waals surface area contributed by atoms with Crippen LogP contribution in [0.15, 0.2) is 65.9 Å². The molecule has 0 saturated carbocycles. The predicted octanol–water partition coefficient (Wildman–Crippen LogP) is 5.32. The molecular formula is C41H51N7O7. The van der Waals surface area contributed by atoms with Gasteiger partial charge in [0.1, 0.15) is 17.9 Å². The quantitative estimate of drug-likeness (QED) is 0.192. The normalized spacial score (nSPS) is 19.8. The van der Waals surface area contributed by atoms with Crippen molar-refractivity contribution >= 4 is 35.3 Å². The average Bonchev–Trinajstić information content (AvgIpc) is 4.05. The van der Waals surface area contributed by atoms with Crippen LogP contribution in [0.4, 0.5) is 9.59 Å². The number of aromatic amines is 1. The summed E-state index contributed by atoms with van der Waals surface area (Å²) in [6.45, 7) is 6.41. The van der Waals surface area contributed by atoms with Gasteiger partial charge in [0.05, 0.1) is 38.2 Å². The number of imidazole rings is 1. The van der Waals surface area contributed by atoms with Crippen LogP contribution in [-0.4, -0.2) is 107 Å². The molecule has 4 heterocycles. The largest absolute Gasteiger partial charge is 0.453 e. The van der Waals surface area contributed by atoms with E-state index in [1.165, 1.54) is 14.2 Å². The van der Waals surface area contributed by atoms with Crippen molar-refractivity contribution in [1.82, 2.24) is 30.4 Å². The molecule has 1 aromatic heterocycles. The van der Waals surface area contributed by atoms with E-state index in [0.717, 1.165) is 70.7 Å². The molecule has 4 amide bonds. The van der Waals surface area contributed by atoms with Gasteiger partial charge in [-0.25, -0.2) is 14.6 Å². The summed E-state index contributed by atoms with van der Waals surface area (Å²) in [7, 11) is 2.53. The molecule has 14 heteroatoms. The minimum atomic E-state index is -0.895. The average molecular weight is 754 g/mol. The highest BCUT2D eigenvalue weighted by molar-refractivity contribution is 6.04. The first kappa shape index (κ1) is 39.2. The molecule has 4 N–H and O–H groups in total. The van der Waals surface area contributed by atoms with Gasteiger partial charge in [-0.15, -0.1) is 0 Å². The van der Waals surface area contributed by atoms with Crippen molar-refractivity contribution < 1.29 is 33.8 Å². The fourth-order valence-electron chi connectivity index (χ4n) is 7.69. The van der Waals surface area contributed by atoms with Crippen LogP contribution in [0.2, 0.25) is 0 Å². The van der Waals surface area contributed by atoms with Crippen LogP contribution >= 0.6 is 0 Å². The summed E-state index contributed by atoms with van der Waals surface area (Å²) < 4.78 is 9.48. The number of methoxy groups -OCH3 is 2. The summed E-state index contributed by atoms with van der Waals surface area (Å²) >= 11 is 0. The minimum Gasteiger partial charge on any atom is -0.453 e. The van der Waals surface area contributed by atoms with Crippen LogP contribution in [0.5, 0.6) is 0 Å². The smallest absolute Gasteiger partial charge is 0.407 e. The highest BCUT2D eigenvalue weighted by atomic mass is 16.5. The van der Waals surface area contributed by atoms with E-state index >= 15 is 0 Å². The second-order valence-corrected chi connectivity index (χ2v) is 14.8. The molecule has 55 heavy (non-hydrogen) atoms. The lowest BCUT2D eigenvalue weighted by Crippen LogP contribution is -2.54. The van der Waals surface area contributed by atoms with E-state index in [4.69, 9.17) is 14.5 Å². The van der Waals surface area contributed by atoms with Crippen molar-refractivity contribution in [3.8, 4) is 22.4 Å². The van der Waals surface area contributed by atoms with Gasteiger partial charge in [-0.05, 0) is 59.4 Å². The van der Waals surface area contributed by atoms with Crippen molar-refractivity contribution in [1.29, 1.82) is 0 Å². The van der Waals surface area contributed by atoms with E-state index < -0.39 is 30.2 Å². The number of allylic oxidation sites excluding steroid dienone is 1. The fraction of sp³-hybridized carbons (Fsp3) is 0.463. The van der Waals surface area contributed by atoms with Gasteiger partial charge in [0.2, 0.25) is 11.8 Å². The number of ether oxygens (including phenoxy) is 2. The number of aliphatic hydroxyl groups is 1. The number of aliphatic hydroxyl groups excluding tert-OH is 1. The van der Waals surface area contributed by atoms with E-state index in [-0.39, 0.29) is 36.4 Å².